The number of ether oxygens (including phenoxy) is 3. The number of hydrogen-bond donors (Lipinski definition) is 3. The van der Waals surface area contributed by atoms with E-state index in [2.05, 4.69) is 22.5 Å². The van der Waals surface area contributed by atoms with E-state index < -0.39 is 11.9 Å². The number of esters is 1. The number of hydrogen-bond acceptors (Lipinski definition) is 7. The summed E-state index contributed by atoms with van der Waals surface area (Å²) in [6.45, 7) is 9.56. The van der Waals surface area contributed by atoms with Crippen molar-refractivity contribution in [1.29, 1.82) is 0 Å². The molecule has 5 rings (SSSR count). The highest BCUT2D eigenvalue weighted by atomic mass is 16.7. The molecule has 2 aliphatic rings. The standard InChI is InChI=1S/C36H45N3O6/c1-24-31(22-39-20-8-11-30(39)33(41)45-36(2,3)4)43-34(44-32(24)27-14-12-26(23-40)13-15-27)28-16-18-29(19-17-28)38-35(42)37-21-25-9-6-5-7-10-25/h5-7,9-10,12-19,24,30-32,34,40H,8,11,20-23H2,1-4H3,(H2,37,38,42). The molecule has 5 unspecified atom stereocenters. The zero-order valence-corrected chi connectivity index (χ0v) is 26.6. The highest BCUT2D eigenvalue weighted by molar-refractivity contribution is 5.89. The number of rotatable bonds is 9. The molecule has 5 atom stereocenters. The van der Waals surface area contributed by atoms with Gasteiger partial charge >= 0.3 is 12.0 Å². The summed E-state index contributed by atoms with van der Waals surface area (Å²) in [5.41, 5.74) is 3.78. The minimum absolute atomic E-state index is 0.0182. The first-order valence-corrected chi connectivity index (χ1v) is 15.8. The van der Waals surface area contributed by atoms with E-state index in [0.717, 1.165) is 41.6 Å². The minimum Gasteiger partial charge on any atom is -0.459 e. The molecular weight excluding hydrogens is 570 g/mol. The lowest BCUT2D eigenvalue weighted by atomic mass is 9.90. The van der Waals surface area contributed by atoms with Crippen molar-refractivity contribution in [2.75, 3.05) is 18.4 Å². The summed E-state index contributed by atoms with van der Waals surface area (Å²) in [6, 6.07) is 24.4. The molecule has 2 heterocycles. The molecule has 2 fully saturated rings. The zero-order chi connectivity index (χ0) is 32.0. The largest absolute Gasteiger partial charge is 0.459 e. The van der Waals surface area contributed by atoms with Crippen LogP contribution in [0.3, 0.4) is 0 Å². The number of carbonyl (C=O) groups is 2. The van der Waals surface area contributed by atoms with E-state index in [9.17, 15) is 14.7 Å². The Bertz CT molecular complexity index is 1410. The number of nitrogens with zero attached hydrogens (tertiary/aromatic N) is 1. The fourth-order valence-electron chi connectivity index (χ4n) is 5.92. The van der Waals surface area contributed by atoms with Gasteiger partial charge in [-0.15, -0.1) is 0 Å². The van der Waals surface area contributed by atoms with Gasteiger partial charge in [0.25, 0.3) is 0 Å². The number of nitrogens with one attached hydrogen (secondary N) is 2. The fourth-order valence-corrected chi connectivity index (χ4v) is 5.92. The molecular formula is C36H45N3O6. The van der Waals surface area contributed by atoms with Crippen molar-refractivity contribution < 1.29 is 28.9 Å². The third-order valence-electron chi connectivity index (χ3n) is 8.32. The number of urea groups is 1. The summed E-state index contributed by atoms with van der Waals surface area (Å²) in [4.78, 5) is 27.7. The van der Waals surface area contributed by atoms with E-state index in [1.807, 2.05) is 99.6 Å². The van der Waals surface area contributed by atoms with Gasteiger partial charge in [0, 0.05) is 30.3 Å². The lowest BCUT2D eigenvalue weighted by Crippen LogP contribution is -2.48. The molecule has 0 bridgehead atoms. The number of amides is 2. The summed E-state index contributed by atoms with van der Waals surface area (Å²) >= 11 is 0. The topological polar surface area (TPSA) is 109 Å². The monoisotopic (exact) mass is 615 g/mol. The van der Waals surface area contributed by atoms with Gasteiger partial charge in [0.05, 0.1) is 18.8 Å². The second-order valence-electron chi connectivity index (χ2n) is 12.9. The third-order valence-corrected chi connectivity index (χ3v) is 8.32. The summed E-state index contributed by atoms with van der Waals surface area (Å²) in [5, 5.41) is 15.3. The molecule has 2 saturated heterocycles. The van der Waals surface area contributed by atoms with Crippen LogP contribution < -0.4 is 10.6 Å². The van der Waals surface area contributed by atoms with E-state index in [1.54, 1.807) is 0 Å². The lowest BCUT2D eigenvalue weighted by molar-refractivity contribution is -0.276. The van der Waals surface area contributed by atoms with Crippen LogP contribution >= 0.6 is 0 Å². The molecule has 240 valence electrons. The number of aliphatic hydroxyl groups excluding tert-OH is 1. The Kier molecular flexibility index (Phi) is 10.6. The molecule has 2 aliphatic heterocycles. The van der Waals surface area contributed by atoms with E-state index in [4.69, 9.17) is 14.2 Å². The number of likely N-dealkylation sites (tertiary alicyclic amines) is 1. The molecule has 3 aromatic rings. The van der Waals surface area contributed by atoms with Gasteiger partial charge < -0.3 is 30.0 Å². The Morgan fingerprint density at radius 1 is 0.933 bits per heavy atom. The number of carbonyl (C=O) groups excluding carboxylic acids is 2. The van der Waals surface area contributed by atoms with Crippen LogP contribution in [-0.4, -0.2) is 52.8 Å². The molecule has 9 heteroatoms. The molecule has 2 amide bonds. The second-order valence-corrected chi connectivity index (χ2v) is 12.9. The van der Waals surface area contributed by atoms with Gasteiger partial charge in [-0.25, -0.2) is 4.79 Å². The van der Waals surface area contributed by atoms with Gasteiger partial charge in [-0.3, -0.25) is 9.69 Å². The van der Waals surface area contributed by atoms with Crippen LogP contribution in [0.4, 0.5) is 10.5 Å². The molecule has 3 aromatic carbocycles. The van der Waals surface area contributed by atoms with Crippen LogP contribution in [0, 0.1) is 5.92 Å². The first-order chi connectivity index (χ1) is 21.6. The molecule has 3 N–H and O–H groups in total. The van der Waals surface area contributed by atoms with E-state index >= 15 is 0 Å². The highest BCUT2D eigenvalue weighted by Crippen LogP contribution is 2.42. The Morgan fingerprint density at radius 3 is 2.29 bits per heavy atom. The summed E-state index contributed by atoms with van der Waals surface area (Å²) in [7, 11) is 0. The van der Waals surface area contributed by atoms with Crippen molar-refractivity contribution in [3.63, 3.8) is 0 Å². The smallest absolute Gasteiger partial charge is 0.323 e. The van der Waals surface area contributed by atoms with Crippen molar-refractivity contribution in [1.82, 2.24) is 10.2 Å². The van der Waals surface area contributed by atoms with Crippen LogP contribution in [0.5, 0.6) is 0 Å². The Hall–Kier alpha value is -3.76. The lowest BCUT2D eigenvalue weighted by Gasteiger charge is -2.43. The molecule has 45 heavy (non-hydrogen) atoms. The first-order valence-electron chi connectivity index (χ1n) is 15.8. The zero-order valence-electron chi connectivity index (χ0n) is 26.6. The van der Waals surface area contributed by atoms with Crippen molar-refractivity contribution in [2.24, 2.45) is 5.92 Å². The van der Waals surface area contributed by atoms with E-state index in [1.165, 1.54) is 0 Å². The average molecular weight is 616 g/mol. The van der Waals surface area contributed by atoms with Crippen LogP contribution in [0.2, 0.25) is 0 Å². The SMILES string of the molecule is CC1C(CN2CCCC2C(=O)OC(C)(C)C)OC(c2ccc(NC(=O)NCc3ccccc3)cc2)OC1c1ccc(CO)cc1. The molecule has 0 saturated carbocycles. The van der Waals surface area contributed by atoms with Gasteiger partial charge in [0.2, 0.25) is 0 Å². The summed E-state index contributed by atoms with van der Waals surface area (Å²) < 4.78 is 19.0. The van der Waals surface area contributed by atoms with Crippen LogP contribution in [0.1, 0.15) is 75.2 Å². The van der Waals surface area contributed by atoms with Gasteiger partial charge in [0.15, 0.2) is 6.29 Å². The van der Waals surface area contributed by atoms with Gasteiger partial charge in [-0.05, 0) is 69.0 Å². The quantitative estimate of drug-likeness (QED) is 0.250. The Balaban J connectivity index is 1.30. The fraction of sp³-hybridized carbons (Fsp3) is 0.444. The molecule has 0 aliphatic carbocycles. The number of aliphatic hydroxyl groups is 1. The van der Waals surface area contributed by atoms with Crippen LogP contribution in [-0.2, 0) is 32.2 Å². The van der Waals surface area contributed by atoms with E-state index in [-0.39, 0.29) is 42.8 Å². The number of anilines is 1. The van der Waals surface area contributed by atoms with Crippen LogP contribution in [0.15, 0.2) is 78.9 Å². The second kappa shape index (κ2) is 14.6. The molecule has 0 spiro atoms. The Labute approximate surface area is 265 Å². The number of benzene rings is 3. The van der Waals surface area contributed by atoms with Crippen molar-refractivity contribution >= 4 is 17.7 Å². The summed E-state index contributed by atoms with van der Waals surface area (Å²) in [5.74, 6) is -0.210. The molecule has 0 radical (unpaired) electrons. The van der Waals surface area contributed by atoms with Gasteiger partial charge in [-0.1, -0.05) is 73.7 Å². The van der Waals surface area contributed by atoms with Crippen molar-refractivity contribution in [2.45, 2.75) is 83.8 Å². The van der Waals surface area contributed by atoms with Gasteiger partial charge in [-0.2, -0.15) is 0 Å². The molecule has 9 nitrogen and oxygen atoms in total. The van der Waals surface area contributed by atoms with Crippen molar-refractivity contribution in [3.05, 3.63) is 101 Å². The van der Waals surface area contributed by atoms with E-state index in [0.29, 0.717) is 18.8 Å². The third kappa shape index (κ3) is 8.70. The van der Waals surface area contributed by atoms with Crippen LogP contribution in [0.25, 0.3) is 0 Å². The Morgan fingerprint density at radius 2 is 1.62 bits per heavy atom. The predicted molar refractivity (Wildman–Crippen MR) is 172 cm³/mol. The van der Waals surface area contributed by atoms with Gasteiger partial charge in [0.1, 0.15) is 11.6 Å². The first kappa shape index (κ1) is 32.6. The maximum absolute atomic E-state index is 13.1. The maximum atomic E-state index is 13.1. The highest BCUT2D eigenvalue weighted by Gasteiger charge is 2.42. The van der Waals surface area contributed by atoms with Crippen molar-refractivity contribution in [3.8, 4) is 0 Å². The summed E-state index contributed by atoms with van der Waals surface area (Å²) in [6.07, 6.45) is 0.526. The maximum Gasteiger partial charge on any atom is 0.323 e. The average Bonchev–Trinajstić information content (AvgIpc) is 3.50. The normalized spacial score (nSPS) is 23.8. The predicted octanol–water partition coefficient (Wildman–Crippen LogP) is 6.10. The molecule has 0 aromatic heterocycles. The minimum atomic E-state index is -0.655.